The smallest absolute Gasteiger partial charge is 0.257 e. The zero-order chi connectivity index (χ0) is 24.8. The minimum absolute atomic E-state index is 0.192. The third kappa shape index (κ3) is 6.43. The molecule has 0 radical (unpaired) electrons. The number of carbonyl (C=O) groups excluding carboxylic acids is 1. The number of benzene rings is 2. The van der Waals surface area contributed by atoms with Crippen LogP contribution in [0.1, 0.15) is 30.1 Å². The molecule has 0 spiro atoms. The quantitative estimate of drug-likeness (QED) is 0.304. The van der Waals surface area contributed by atoms with Crippen molar-refractivity contribution < 1.29 is 23.4 Å². The molecule has 35 heavy (non-hydrogen) atoms. The predicted molar refractivity (Wildman–Crippen MR) is 132 cm³/mol. The number of carbonyl (C=O) groups is 1. The van der Waals surface area contributed by atoms with Crippen molar-refractivity contribution in [3.8, 4) is 28.7 Å². The van der Waals surface area contributed by atoms with E-state index in [1.54, 1.807) is 55.9 Å². The third-order valence-electron chi connectivity index (χ3n) is 5.02. The summed E-state index contributed by atoms with van der Waals surface area (Å²) < 4.78 is 23.0. The van der Waals surface area contributed by atoms with E-state index < -0.39 is 0 Å². The van der Waals surface area contributed by atoms with E-state index in [0.717, 1.165) is 5.56 Å². The van der Waals surface area contributed by atoms with Crippen LogP contribution in [0.2, 0.25) is 0 Å². The molecule has 0 aliphatic rings. The van der Waals surface area contributed by atoms with Gasteiger partial charge in [-0.3, -0.25) is 10.1 Å². The van der Waals surface area contributed by atoms with Crippen molar-refractivity contribution in [1.29, 1.82) is 0 Å². The first-order chi connectivity index (χ1) is 16.9. The number of rotatable bonds is 10. The zero-order valence-electron chi connectivity index (χ0n) is 19.8. The number of hydrogen-bond acceptors (Lipinski definition) is 9. The molecule has 2 heterocycles. The molecule has 0 saturated heterocycles. The van der Waals surface area contributed by atoms with Crippen molar-refractivity contribution in [2.45, 2.75) is 26.9 Å². The molecule has 0 fully saturated rings. The predicted octanol–water partition coefficient (Wildman–Crippen LogP) is 5.60. The standard InChI is InChI=1S/C25H26N4O5S/c1-15(2)22(14-31-4)34-21-12-18(23(30)27-25-26-9-10-35-25)11-20(13-21)33-19-7-5-17(6-8-19)24-29-28-16(3)32-24/h5-13,15,22H,14H2,1-4H3,(H,26,27,30). The van der Waals surface area contributed by atoms with Gasteiger partial charge >= 0.3 is 0 Å². The summed E-state index contributed by atoms with van der Waals surface area (Å²) in [5.74, 6) is 2.34. The molecule has 4 rings (SSSR count). The Balaban J connectivity index is 1.59. The highest BCUT2D eigenvalue weighted by Crippen LogP contribution is 2.31. The number of methoxy groups -OCH3 is 1. The Morgan fingerprint density at radius 1 is 1.09 bits per heavy atom. The van der Waals surface area contributed by atoms with Gasteiger partial charge in [0, 0.05) is 42.8 Å². The Labute approximate surface area is 207 Å². The first kappa shape index (κ1) is 24.4. The molecule has 1 atom stereocenters. The van der Waals surface area contributed by atoms with Crippen molar-refractivity contribution in [2.24, 2.45) is 5.92 Å². The van der Waals surface area contributed by atoms with E-state index in [1.807, 2.05) is 26.0 Å². The van der Waals surface area contributed by atoms with E-state index in [9.17, 15) is 4.79 Å². The Kier molecular flexibility index (Phi) is 7.74. The highest BCUT2D eigenvalue weighted by atomic mass is 32.1. The van der Waals surface area contributed by atoms with Crippen LogP contribution in [0.4, 0.5) is 5.13 Å². The SMILES string of the molecule is COCC(Oc1cc(Oc2ccc(-c3nnc(C)o3)cc2)cc(C(=O)Nc2nccs2)c1)C(C)C. The first-order valence-electron chi connectivity index (χ1n) is 11.0. The molecular weight excluding hydrogens is 468 g/mol. The number of thiazole rings is 1. The molecule has 0 saturated carbocycles. The molecule has 2 aromatic heterocycles. The van der Waals surface area contributed by atoms with E-state index in [1.165, 1.54) is 11.3 Å². The largest absolute Gasteiger partial charge is 0.488 e. The Hall–Kier alpha value is -3.76. The van der Waals surface area contributed by atoms with Gasteiger partial charge in [-0.25, -0.2) is 4.98 Å². The number of ether oxygens (including phenoxy) is 3. The minimum Gasteiger partial charge on any atom is -0.488 e. The highest BCUT2D eigenvalue weighted by Gasteiger charge is 2.18. The van der Waals surface area contributed by atoms with E-state index in [0.29, 0.717) is 46.3 Å². The molecule has 1 amide bonds. The molecule has 10 heteroatoms. The molecular formula is C25H26N4O5S. The van der Waals surface area contributed by atoms with Gasteiger partial charge in [0.1, 0.15) is 23.4 Å². The Bertz CT molecular complexity index is 1260. The summed E-state index contributed by atoms with van der Waals surface area (Å²) in [7, 11) is 1.63. The maximum atomic E-state index is 12.9. The summed E-state index contributed by atoms with van der Waals surface area (Å²) in [6, 6.07) is 12.3. The molecule has 0 aliphatic heterocycles. The maximum absolute atomic E-state index is 12.9. The maximum Gasteiger partial charge on any atom is 0.257 e. The van der Waals surface area contributed by atoms with Crippen LogP contribution in [-0.2, 0) is 4.74 Å². The lowest BCUT2D eigenvalue weighted by atomic mass is 10.1. The second-order valence-electron chi connectivity index (χ2n) is 8.09. The lowest BCUT2D eigenvalue weighted by Crippen LogP contribution is -2.28. The summed E-state index contributed by atoms with van der Waals surface area (Å²) in [6.07, 6.45) is 1.44. The lowest BCUT2D eigenvalue weighted by molar-refractivity contribution is 0.0528. The van der Waals surface area contributed by atoms with Crippen LogP contribution in [0.15, 0.2) is 58.5 Å². The summed E-state index contributed by atoms with van der Waals surface area (Å²) >= 11 is 1.34. The second-order valence-corrected chi connectivity index (χ2v) is 8.99. The van der Waals surface area contributed by atoms with Crippen LogP contribution in [0, 0.1) is 12.8 Å². The molecule has 0 aliphatic carbocycles. The van der Waals surface area contributed by atoms with Gasteiger partial charge in [0.05, 0.1) is 6.61 Å². The van der Waals surface area contributed by atoms with E-state index >= 15 is 0 Å². The fourth-order valence-electron chi connectivity index (χ4n) is 3.20. The number of aromatic nitrogens is 3. The van der Waals surface area contributed by atoms with Crippen LogP contribution in [0.5, 0.6) is 17.2 Å². The van der Waals surface area contributed by atoms with E-state index in [2.05, 4.69) is 20.5 Å². The highest BCUT2D eigenvalue weighted by molar-refractivity contribution is 7.13. The molecule has 4 aromatic rings. The van der Waals surface area contributed by atoms with Gasteiger partial charge in [-0.05, 0) is 42.3 Å². The number of anilines is 1. The average Bonchev–Trinajstić information content (AvgIpc) is 3.51. The van der Waals surface area contributed by atoms with Crippen molar-refractivity contribution in [3.63, 3.8) is 0 Å². The van der Waals surface area contributed by atoms with Crippen molar-refractivity contribution in [3.05, 3.63) is 65.5 Å². The van der Waals surface area contributed by atoms with Crippen LogP contribution >= 0.6 is 11.3 Å². The van der Waals surface area contributed by atoms with Gasteiger partial charge in [-0.2, -0.15) is 0 Å². The summed E-state index contributed by atoms with van der Waals surface area (Å²) in [6.45, 7) is 6.25. The van der Waals surface area contributed by atoms with Gasteiger partial charge in [0.15, 0.2) is 5.13 Å². The number of hydrogen-bond donors (Lipinski definition) is 1. The first-order valence-corrected chi connectivity index (χ1v) is 11.9. The molecule has 2 aromatic carbocycles. The van der Waals surface area contributed by atoms with Crippen LogP contribution in [0.25, 0.3) is 11.5 Å². The fraction of sp³-hybridized carbons (Fsp3) is 0.280. The van der Waals surface area contributed by atoms with Gasteiger partial charge in [0.25, 0.3) is 5.91 Å². The van der Waals surface area contributed by atoms with E-state index in [-0.39, 0.29) is 17.9 Å². The number of aryl methyl sites for hydroxylation is 1. The van der Waals surface area contributed by atoms with Crippen LogP contribution < -0.4 is 14.8 Å². The zero-order valence-corrected chi connectivity index (χ0v) is 20.7. The number of nitrogens with zero attached hydrogens (tertiary/aromatic N) is 3. The molecule has 0 bridgehead atoms. The van der Waals surface area contributed by atoms with Gasteiger partial charge in [-0.15, -0.1) is 21.5 Å². The minimum atomic E-state index is -0.315. The fourth-order valence-corrected chi connectivity index (χ4v) is 3.72. The molecule has 1 unspecified atom stereocenters. The third-order valence-corrected chi connectivity index (χ3v) is 5.71. The monoisotopic (exact) mass is 494 g/mol. The molecule has 1 N–H and O–H groups in total. The summed E-state index contributed by atoms with van der Waals surface area (Å²) in [5.41, 5.74) is 1.16. The van der Waals surface area contributed by atoms with Gasteiger partial charge in [-0.1, -0.05) is 13.8 Å². The number of amides is 1. The van der Waals surface area contributed by atoms with Crippen molar-refractivity contribution in [1.82, 2.24) is 15.2 Å². The average molecular weight is 495 g/mol. The van der Waals surface area contributed by atoms with E-state index in [4.69, 9.17) is 18.6 Å². The van der Waals surface area contributed by atoms with Crippen LogP contribution in [0.3, 0.4) is 0 Å². The topological polar surface area (TPSA) is 109 Å². The second kappa shape index (κ2) is 11.1. The molecule has 9 nitrogen and oxygen atoms in total. The summed E-state index contributed by atoms with van der Waals surface area (Å²) in [5, 5.41) is 13.0. The van der Waals surface area contributed by atoms with Crippen LogP contribution in [-0.4, -0.2) is 40.9 Å². The Morgan fingerprint density at radius 3 is 2.49 bits per heavy atom. The normalized spacial score (nSPS) is 11.9. The summed E-state index contributed by atoms with van der Waals surface area (Å²) in [4.78, 5) is 17.0. The van der Waals surface area contributed by atoms with Crippen molar-refractivity contribution >= 4 is 22.4 Å². The van der Waals surface area contributed by atoms with Crippen molar-refractivity contribution in [2.75, 3.05) is 19.0 Å². The lowest BCUT2D eigenvalue weighted by Gasteiger charge is -2.22. The van der Waals surface area contributed by atoms with Gasteiger partial charge < -0.3 is 18.6 Å². The molecule has 182 valence electrons. The number of nitrogens with one attached hydrogen (secondary N) is 1. The van der Waals surface area contributed by atoms with Gasteiger partial charge in [0.2, 0.25) is 11.8 Å². The Morgan fingerprint density at radius 2 is 1.86 bits per heavy atom.